The summed E-state index contributed by atoms with van der Waals surface area (Å²) in [7, 11) is 0. The van der Waals surface area contributed by atoms with E-state index in [4.69, 9.17) is 11.6 Å². The number of nitrogens with zero attached hydrogens (tertiary/aromatic N) is 2. The van der Waals surface area contributed by atoms with Crippen molar-refractivity contribution in [1.82, 2.24) is 9.97 Å². The van der Waals surface area contributed by atoms with Crippen molar-refractivity contribution in [3.8, 4) is 0 Å². The first-order chi connectivity index (χ1) is 14.8. The minimum Gasteiger partial charge on any atom is -0.294 e. The summed E-state index contributed by atoms with van der Waals surface area (Å²) in [5, 5.41) is 0.644. The van der Waals surface area contributed by atoms with Gasteiger partial charge in [-0.25, -0.2) is 9.97 Å². The van der Waals surface area contributed by atoms with Gasteiger partial charge in [0, 0.05) is 34.5 Å². The molecule has 31 heavy (non-hydrogen) atoms. The second kappa shape index (κ2) is 10.5. The number of Topliss-reactive ketones (excluding diaryl/α,β-unsaturated/α-hetero) is 1. The number of hydrogen-bond acceptors (Lipinski definition) is 3. The average molecular weight is 439 g/mol. The fourth-order valence-electron chi connectivity index (χ4n) is 4.41. The van der Waals surface area contributed by atoms with Gasteiger partial charge in [-0.05, 0) is 67.3 Å². The number of halogens is 1. The number of rotatable bonds is 9. The Labute approximate surface area is 192 Å². The standard InChI is InChI=1S/C27H35ClN2O/c1-6-18(4)26(31)25(23-14-22(28)12-11-19(23)5)24(27-29-15-17(3)16-30-27)13-20(7-2)21-9-8-10-21/h11-12,14-16,18,20-21H,6-10,13H2,1-5H3. The molecular formula is C27H35ClN2O. The molecule has 4 heteroatoms. The molecule has 166 valence electrons. The Kier molecular flexibility index (Phi) is 8.05. The van der Waals surface area contributed by atoms with Crippen LogP contribution in [0.5, 0.6) is 0 Å². The molecular weight excluding hydrogens is 404 g/mol. The maximum Gasteiger partial charge on any atom is 0.166 e. The second-order valence-electron chi connectivity index (χ2n) is 9.13. The van der Waals surface area contributed by atoms with Crippen LogP contribution in [0.1, 0.15) is 81.8 Å². The van der Waals surface area contributed by atoms with Gasteiger partial charge >= 0.3 is 0 Å². The lowest BCUT2D eigenvalue weighted by Gasteiger charge is -2.34. The molecule has 2 atom stereocenters. The Morgan fingerprint density at radius 2 is 1.81 bits per heavy atom. The van der Waals surface area contributed by atoms with Crippen molar-refractivity contribution < 1.29 is 4.79 Å². The zero-order valence-electron chi connectivity index (χ0n) is 19.5. The van der Waals surface area contributed by atoms with Crippen LogP contribution in [0, 0.1) is 31.6 Å². The lowest BCUT2D eigenvalue weighted by molar-refractivity contribution is -0.116. The smallest absolute Gasteiger partial charge is 0.166 e. The first-order valence-electron chi connectivity index (χ1n) is 11.7. The van der Waals surface area contributed by atoms with Crippen LogP contribution in [-0.4, -0.2) is 15.8 Å². The number of aryl methyl sites for hydroxylation is 2. The summed E-state index contributed by atoms with van der Waals surface area (Å²) in [6.07, 6.45) is 10.3. The quantitative estimate of drug-likeness (QED) is 0.381. The highest BCUT2D eigenvalue weighted by molar-refractivity contribution is 6.32. The lowest BCUT2D eigenvalue weighted by Crippen LogP contribution is -2.23. The van der Waals surface area contributed by atoms with Crippen molar-refractivity contribution in [3.05, 3.63) is 58.1 Å². The molecule has 0 N–H and O–H groups in total. The van der Waals surface area contributed by atoms with Gasteiger partial charge in [0.1, 0.15) is 0 Å². The van der Waals surface area contributed by atoms with E-state index < -0.39 is 0 Å². The third-order valence-electron chi connectivity index (χ3n) is 6.94. The van der Waals surface area contributed by atoms with Gasteiger partial charge in [-0.1, -0.05) is 64.1 Å². The van der Waals surface area contributed by atoms with Crippen LogP contribution in [0.15, 0.2) is 30.6 Å². The van der Waals surface area contributed by atoms with E-state index in [-0.39, 0.29) is 11.7 Å². The van der Waals surface area contributed by atoms with Crippen LogP contribution in [-0.2, 0) is 4.79 Å². The van der Waals surface area contributed by atoms with Gasteiger partial charge in [0.2, 0.25) is 0 Å². The van der Waals surface area contributed by atoms with Crippen LogP contribution >= 0.6 is 11.6 Å². The highest BCUT2D eigenvalue weighted by atomic mass is 35.5. The zero-order chi connectivity index (χ0) is 22.5. The summed E-state index contributed by atoms with van der Waals surface area (Å²) in [5.41, 5.74) is 4.73. The van der Waals surface area contributed by atoms with Crippen LogP contribution in [0.25, 0.3) is 11.1 Å². The largest absolute Gasteiger partial charge is 0.294 e. The van der Waals surface area contributed by atoms with E-state index in [1.165, 1.54) is 19.3 Å². The van der Waals surface area contributed by atoms with Crippen molar-refractivity contribution >= 4 is 28.5 Å². The Morgan fingerprint density at radius 3 is 2.35 bits per heavy atom. The highest BCUT2D eigenvalue weighted by Gasteiger charge is 2.31. The number of allylic oxidation sites excluding steroid dienone is 2. The van der Waals surface area contributed by atoms with E-state index in [9.17, 15) is 4.79 Å². The van der Waals surface area contributed by atoms with Crippen LogP contribution in [0.3, 0.4) is 0 Å². The molecule has 3 nitrogen and oxygen atoms in total. The number of carbonyl (C=O) groups is 1. The third kappa shape index (κ3) is 5.44. The van der Waals surface area contributed by atoms with Crippen molar-refractivity contribution in [2.45, 2.75) is 73.1 Å². The number of carbonyl (C=O) groups excluding carboxylic acids is 1. The van der Waals surface area contributed by atoms with Crippen LogP contribution in [0.4, 0.5) is 0 Å². The van der Waals surface area contributed by atoms with Gasteiger partial charge in [0.25, 0.3) is 0 Å². The SMILES string of the molecule is CCC(C)C(=O)C(=C(CC(CC)C1CCC1)c1ncc(C)cn1)c1cc(Cl)ccc1C. The van der Waals surface area contributed by atoms with E-state index in [1.54, 1.807) is 0 Å². The molecule has 1 aliphatic rings. The van der Waals surface area contributed by atoms with Gasteiger partial charge in [-0.15, -0.1) is 0 Å². The molecule has 0 spiro atoms. The monoisotopic (exact) mass is 438 g/mol. The molecule has 1 aromatic carbocycles. The maximum absolute atomic E-state index is 13.8. The van der Waals surface area contributed by atoms with E-state index in [0.717, 1.165) is 53.0 Å². The minimum absolute atomic E-state index is 0.0717. The van der Waals surface area contributed by atoms with Crippen molar-refractivity contribution in [1.29, 1.82) is 0 Å². The summed E-state index contributed by atoms with van der Waals surface area (Å²) < 4.78 is 0. The van der Waals surface area contributed by atoms with Crippen LogP contribution < -0.4 is 0 Å². The minimum atomic E-state index is -0.0717. The summed E-state index contributed by atoms with van der Waals surface area (Å²) in [6, 6.07) is 5.82. The van der Waals surface area contributed by atoms with Gasteiger partial charge in [0.15, 0.2) is 11.6 Å². The Hall–Kier alpha value is -2.00. The molecule has 1 fully saturated rings. The molecule has 2 aromatic rings. The third-order valence-corrected chi connectivity index (χ3v) is 7.17. The zero-order valence-corrected chi connectivity index (χ0v) is 20.3. The first-order valence-corrected chi connectivity index (χ1v) is 12.1. The predicted molar refractivity (Wildman–Crippen MR) is 130 cm³/mol. The Bertz CT molecular complexity index is 944. The molecule has 2 unspecified atom stereocenters. The molecule has 1 aromatic heterocycles. The van der Waals surface area contributed by atoms with Gasteiger partial charge in [-0.2, -0.15) is 0 Å². The second-order valence-corrected chi connectivity index (χ2v) is 9.57. The number of aromatic nitrogens is 2. The molecule has 1 heterocycles. The number of hydrogen-bond donors (Lipinski definition) is 0. The number of benzene rings is 1. The Morgan fingerprint density at radius 1 is 1.13 bits per heavy atom. The predicted octanol–water partition coefficient (Wildman–Crippen LogP) is 7.49. The van der Waals surface area contributed by atoms with Gasteiger partial charge < -0.3 is 0 Å². The molecule has 0 amide bonds. The average Bonchev–Trinajstić information content (AvgIpc) is 2.73. The number of ketones is 1. The van der Waals surface area contributed by atoms with Crippen molar-refractivity contribution in [2.75, 3.05) is 0 Å². The van der Waals surface area contributed by atoms with E-state index >= 15 is 0 Å². The fraction of sp³-hybridized carbons (Fsp3) is 0.519. The van der Waals surface area contributed by atoms with Crippen molar-refractivity contribution in [3.63, 3.8) is 0 Å². The van der Waals surface area contributed by atoms with E-state index in [1.807, 2.05) is 51.4 Å². The molecule has 1 saturated carbocycles. The highest BCUT2D eigenvalue weighted by Crippen LogP contribution is 2.42. The van der Waals surface area contributed by atoms with Gasteiger partial charge in [-0.3, -0.25) is 4.79 Å². The summed E-state index contributed by atoms with van der Waals surface area (Å²) >= 11 is 6.40. The van der Waals surface area contributed by atoms with Crippen molar-refractivity contribution in [2.24, 2.45) is 17.8 Å². The molecule has 1 aliphatic carbocycles. The summed E-state index contributed by atoms with van der Waals surface area (Å²) in [4.78, 5) is 23.1. The Balaban J connectivity index is 2.25. The summed E-state index contributed by atoms with van der Waals surface area (Å²) in [5.74, 6) is 2.03. The first kappa shape index (κ1) is 23.7. The maximum atomic E-state index is 13.8. The van der Waals surface area contributed by atoms with Gasteiger partial charge in [0.05, 0.1) is 0 Å². The normalized spacial score (nSPS) is 17.0. The molecule has 0 saturated heterocycles. The molecule has 0 bridgehead atoms. The topological polar surface area (TPSA) is 42.9 Å². The van der Waals surface area contributed by atoms with E-state index in [0.29, 0.717) is 16.8 Å². The fourth-order valence-corrected chi connectivity index (χ4v) is 4.58. The molecule has 0 radical (unpaired) electrons. The van der Waals surface area contributed by atoms with Crippen LogP contribution in [0.2, 0.25) is 5.02 Å². The molecule has 3 rings (SSSR count). The lowest BCUT2D eigenvalue weighted by atomic mass is 9.71. The van der Waals surface area contributed by atoms with E-state index in [2.05, 4.69) is 23.8 Å². The molecule has 0 aliphatic heterocycles. The summed E-state index contributed by atoms with van der Waals surface area (Å²) in [6.45, 7) is 10.4.